The van der Waals surface area contributed by atoms with E-state index >= 15 is 0 Å². The van der Waals surface area contributed by atoms with Gasteiger partial charge in [0.15, 0.2) is 0 Å². The van der Waals surface area contributed by atoms with Crippen LogP contribution in [0.1, 0.15) is 13.8 Å². The summed E-state index contributed by atoms with van der Waals surface area (Å²) < 4.78 is -0.677. The molecule has 0 aliphatic carbocycles. The Balaban J connectivity index is 4.09. The maximum atomic E-state index is 6.01. The molecule has 0 amide bonds. The van der Waals surface area contributed by atoms with Crippen molar-refractivity contribution in [1.82, 2.24) is 0 Å². The molecule has 2 unspecified atom stereocenters. The number of hydrogen-bond acceptors (Lipinski definition) is 0. The first-order chi connectivity index (χ1) is 4.42. The average molecular weight is 313 g/mol. The first kappa shape index (κ1) is 11.5. The van der Waals surface area contributed by atoms with Gasteiger partial charge >= 0.3 is 0 Å². The molecule has 0 rings (SSSR count). The second-order valence-corrected chi connectivity index (χ2v) is 5.81. The van der Waals surface area contributed by atoms with E-state index in [-0.39, 0.29) is 10.7 Å². The topological polar surface area (TPSA) is 0 Å². The lowest BCUT2D eigenvalue weighted by Gasteiger charge is -2.27. The van der Waals surface area contributed by atoms with Crippen LogP contribution in [0.2, 0.25) is 0 Å². The van der Waals surface area contributed by atoms with Crippen molar-refractivity contribution in [2.75, 3.05) is 5.33 Å². The summed E-state index contributed by atoms with van der Waals surface area (Å²) >= 11 is 18.7. The second-order valence-electron chi connectivity index (χ2n) is 2.35. The predicted molar refractivity (Wildman–Crippen MR) is 55.8 cm³/mol. The van der Waals surface area contributed by atoms with Crippen molar-refractivity contribution in [1.29, 1.82) is 0 Å². The summed E-state index contributed by atoms with van der Waals surface area (Å²) in [6.45, 7) is 3.95. The van der Waals surface area contributed by atoms with E-state index in [0.29, 0.717) is 0 Å². The second kappa shape index (κ2) is 4.54. The zero-order valence-corrected chi connectivity index (χ0v) is 10.6. The molecule has 0 bridgehead atoms. The van der Waals surface area contributed by atoms with Crippen LogP contribution >= 0.6 is 55.1 Å². The lowest BCUT2D eigenvalue weighted by Crippen LogP contribution is -2.32. The van der Waals surface area contributed by atoms with Gasteiger partial charge in [-0.15, -0.1) is 23.2 Å². The van der Waals surface area contributed by atoms with Crippen LogP contribution in [0.15, 0.2) is 0 Å². The zero-order chi connectivity index (χ0) is 8.36. The minimum Gasteiger partial charge on any atom is -0.100 e. The van der Waals surface area contributed by atoms with Crippen molar-refractivity contribution < 1.29 is 0 Å². The van der Waals surface area contributed by atoms with Gasteiger partial charge in [0.25, 0.3) is 0 Å². The van der Waals surface area contributed by atoms with Crippen molar-refractivity contribution in [3.05, 3.63) is 0 Å². The summed E-state index contributed by atoms with van der Waals surface area (Å²) in [5, 5.41) is 0.815. The Kier molecular flexibility index (Phi) is 5.24. The van der Waals surface area contributed by atoms with Crippen molar-refractivity contribution in [2.45, 2.75) is 23.0 Å². The van der Waals surface area contributed by atoms with Crippen LogP contribution in [-0.4, -0.2) is 14.5 Å². The molecule has 0 aliphatic heterocycles. The van der Waals surface area contributed by atoms with E-state index in [9.17, 15) is 0 Å². The minimum absolute atomic E-state index is 0.107. The normalized spacial score (nSPS) is 18.6. The van der Waals surface area contributed by atoms with Gasteiger partial charge in [-0.1, -0.05) is 38.8 Å². The van der Waals surface area contributed by atoms with E-state index in [0.717, 1.165) is 5.33 Å². The smallest absolute Gasteiger partial charge is 0.100 e. The molecule has 2 atom stereocenters. The Morgan fingerprint density at radius 1 is 1.40 bits per heavy atom. The van der Waals surface area contributed by atoms with E-state index in [1.165, 1.54) is 0 Å². The van der Waals surface area contributed by atoms with Crippen LogP contribution in [0.3, 0.4) is 0 Å². The molecule has 0 spiro atoms. The molecule has 0 heterocycles. The van der Waals surface area contributed by atoms with Crippen LogP contribution in [0.5, 0.6) is 0 Å². The van der Waals surface area contributed by atoms with Crippen LogP contribution < -0.4 is 0 Å². The van der Waals surface area contributed by atoms with Gasteiger partial charge < -0.3 is 0 Å². The molecule has 0 aromatic rings. The number of halogens is 4. The zero-order valence-electron chi connectivity index (χ0n) is 5.87. The van der Waals surface area contributed by atoms with Crippen LogP contribution in [0, 0.1) is 5.92 Å². The highest BCUT2D eigenvalue weighted by Crippen LogP contribution is 2.38. The number of alkyl halides is 4. The molecule has 0 fully saturated rings. The molecule has 0 radical (unpaired) electrons. The Hall–Kier alpha value is 1.54. The molecule has 0 saturated carbocycles. The van der Waals surface area contributed by atoms with E-state index in [4.69, 9.17) is 23.2 Å². The molecular weight excluding hydrogens is 303 g/mol. The largest absolute Gasteiger partial charge is 0.133 e. The highest BCUT2D eigenvalue weighted by atomic mass is 79.9. The third kappa shape index (κ3) is 2.88. The first-order valence-corrected chi connectivity index (χ1v) is 5.80. The summed E-state index contributed by atoms with van der Waals surface area (Å²) in [7, 11) is 0. The Morgan fingerprint density at radius 2 is 1.80 bits per heavy atom. The van der Waals surface area contributed by atoms with Crippen LogP contribution in [-0.2, 0) is 0 Å². The molecule has 0 nitrogen and oxygen atoms in total. The fraction of sp³-hybridized carbons (Fsp3) is 1.00. The van der Waals surface area contributed by atoms with Crippen molar-refractivity contribution in [3.8, 4) is 0 Å². The fourth-order valence-electron chi connectivity index (χ4n) is 0.495. The van der Waals surface area contributed by atoms with E-state index in [2.05, 4.69) is 31.9 Å². The van der Waals surface area contributed by atoms with E-state index < -0.39 is 4.33 Å². The first-order valence-electron chi connectivity index (χ1n) is 3.00. The third-order valence-electron chi connectivity index (χ3n) is 1.42. The maximum absolute atomic E-state index is 6.01. The van der Waals surface area contributed by atoms with Crippen molar-refractivity contribution in [3.63, 3.8) is 0 Å². The minimum atomic E-state index is -0.677. The van der Waals surface area contributed by atoms with Gasteiger partial charge in [0.1, 0.15) is 4.33 Å². The predicted octanol–water partition coefficient (Wildman–Crippen LogP) is 3.97. The fourth-order valence-corrected chi connectivity index (χ4v) is 1.98. The Morgan fingerprint density at radius 3 is 1.90 bits per heavy atom. The summed E-state index contributed by atoms with van der Waals surface area (Å²) in [6, 6.07) is 0. The number of rotatable bonds is 3. The van der Waals surface area contributed by atoms with E-state index in [1.54, 1.807) is 0 Å². The molecule has 0 saturated heterocycles. The Labute approximate surface area is 88.9 Å². The molecule has 62 valence electrons. The van der Waals surface area contributed by atoms with Gasteiger partial charge in [-0.2, -0.15) is 0 Å². The monoisotopic (exact) mass is 310 g/mol. The lowest BCUT2D eigenvalue weighted by atomic mass is 10.1. The molecule has 0 aromatic heterocycles. The quantitative estimate of drug-likeness (QED) is 0.692. The SMILES string of the molecule is CC(Br)C(Cl)(Cl)C(C)CBr. The standard InChI is InChI=1S/C6H10Br2Cl2/c1-4(3-7)6(9,10)5(2)8/h4-5H,3H2,1-2H3. The molecular formula is C6H10Br2Cl2. The summed E-state index contributed by atoms with van der Waals surface area (Å²) in [5.74, 6) is 0.241. The van der Waals surface area contributed by atoms with Gasteiger partial charge in [-0.25, -0.2) is 0 Å². The molecule has 0 aliphatic rings. The van der Waals surface area contributed by atoms with Crippen molar-refractivity contribution in [2.24, 2.45) is 5.92 Å². The Bertz CT molecular complexity index is 104. The van der Waals surface area contributed by atoms with Gasteiger partial charge in [-0.05, 0) is 12.8 Å². The van der Waals surface area contributed by atoms with Crippen LogP contribution in [0.25, 0.3) is 0 Å². The van der Waals surface area contributed by atoms with Crippen LogP contribution in [0.4, 0.5) is 0 Å². The lowest BCUT2D eigenvalue weighted by molar-refractivity contribution is 0.561. The number of hydrogen-bond donors (Lipinski definition) is 0. The summed E-state index contributed by atoms with van der Waals surface area (Å²) in [4.78, 5) is 0.107. The highest BCUT2D eigenvalue weighted by Gasteiger charge is 2.35. The summed E-state index contributed by atoms with van der Waals surface area (Å²) in [5.41, 5.74) is 0. The van der Waals surface area contributed by atoms with Gasteiger partial charge in [-0.3, -0.25) is 0 Å². The van der Waals surface area contributed by atoms with Gasteiger partial charge in [0, 0.05) is 10.2 Å². The highest BCUT2D eigenvalue weighted by molar-refractivity contribution is 9.09. The molecule has 10 heavy (non-hydrogen) atoms. The van der Waals surface area contributed by atoms with Gasteiger partial charge in [0.2, 0.25) is 0 Å². The molecule has 0 N–H and O–H groups in total. The molecule has 0 aromatic carbocycles. The maximum Gasteiger partial charge on any atom is 0.133 e. The van der Waals surface area contributed by atoms with Crippen molar-refractivity contribution >= 4 is 55.1 Å². The average Bonchev–Trinajstić information content (AvgIpc) is 1.86. The molecule has 4 heteroatoms. The van der Waals surface area contributed by atoms with Gasteiger partial charge in [0.05, 0.1) is 0 Å². The van der Waals surface area contributed by atoms with E-state index in [1.807, 2.05) is 13.8 Å². The summed E-state index contributed by atoms with van der Waals surface area (Å²) in [6.07, 6.45) is 0. The third-order valence-corrected chi connectivity index (χ3v) is 5.04.